The molecule has 0 atom stereocenters. The van der Waals surface area contributed by atoms with Crippen molar-refractivity contribution in [3.05, 3.63) is 245 Å². The molecule has 0 aliphatic carbocycles. The molecule has 336 valence electrons. The van der Waals surface area contributed by atoms with Crippen molar-refractivity contribution < 1.29 is 40.2 Å². The van der Waals surface area contributed by atoms with E-state index in [2.05, 4.69) is 85.7 Å². The second kappa shape index (κ2) is 61.6. The zero-order chi connectivity index (χ0) is 48.3. The number of pyridine rings is 8. The van der Waals surface area contributed by atoms with Gasteiger partial charge in [-0.2, -0.15) is 0 Å². The van der Waals surface area contributed by atoms with Crippen molar-refractivity contribution in [2.75, 3.05) is 0 Å². The number of hydrogen-bond donors (Lipinski definition) is 8. The largest absolute Gasteiger partial charge is 0.566 e. The molecule has 16 nitrogen and oxygen atoms in total. The molecule has 0 saturated heterocycles. The second-order valence-electron chi connectivity index (χ2n) is 9.44. The molecule has 0 radical (unpaired) electrons. The molecule has 24 heteroatoms. The highest BCUT2D eigenvalue weighted by atomic mass is 35.5. The number of aromatic nitrogens is 8. The van der Waals surface area contributed by atoms with Crippen LogP contribution in [0.15, 0.2) is 245 Å². The maximum atomic E-state index is 7.38. The highest BCUT2D eigenvalue weighted by Gasteiger charge is 1.93. The summed E-state index contributed by atoms with van der Waals surface area (Å²) in [5.74, 6) is 0. The van der Waals surface area contributed by atoms with E-state index in [-0.39, 0.29) is 0 Å². The Balaban J connectivity index is -0.000000308. The zero-order valence-electron chi connectivity index (χ0n) is 34.1. The molecule has 0 aliphatic rings. The van der Waals surface area contributed by atoms with Gasteiger partial charge in [-0.3, -0.25) is 39.9 Å². The smallest absolute Gasteiger partial charge is 0.414 e. The van der Waals surface area contributed by atoms with Crippen LogP contribution in [0.1, 0.15) is 0 Å². The minimum Gasteiger partial charge on any atom is -0.414 e. The Kier molecular flexibility index (Phi) is 62.5. The van der Waals surface area contributed by atoms with E-state index >= 15 is 0 Å². The van der Waals surface area contributed by atoms with E-state index in [1.165, 1.54) is 0 Å². The van der Waals surface area contributed by atoms with Gasteiger partial charge in [-0.15, -0.1) is 45.8 Å². The Labute approximate surface area is 394 Å². The standard InChI is InChI=1S/8C5H5N.4BClH2O2/c8*1-2-4-6-5-3-1;4*2-1(3)4/h8*1-5H;4*3-4H. The lowest BCUT2D eigenvalue weighted by molar-refractivity contribution is 0.434. The summed E-state index contributed by atoms with van der Waals surface area (Å²) in [5.41, 5.74) is 0. The van der Waals surface area contributed by atoms with Gasteiger partial charge in [0.2, 0.25) is 0 Å². The van der Waals surface area contributed by atoms with Crippen molar-refractivity contribution >= 4 is 72.0 Å². The predicted octanol–water partition coefficient (Wildman–Crippen LogP) is 5.43. The topological polar surface area (TPSA) is 265 Å². The van der Waals surface area contributed by atoms with Gasteiger partial charge in [0.1, 0.15) is 0 Å². The molecule has 0 aromatic carbocycles. The molecule has 8 heterocycles. The lowest BCUT2D eigenvalue weighted by atomic mass is 10.4. The average molecular weight is 954 g/mol. The van der Waals surface area contributed by atoms with Crippen LogP contribution in [0.2, 0.25) is 0 Å². The maximum absolute atomic E-state index is 7.38. The fraction of sp³-hybridized carbons (Fsp3) is 0. The van der Waals surface area contributed by atoms with E-state index in [1.807, 2.05) is 146 Å². The van der Waals surface area contributed by atoms with Crippen LogP contribution in [0.25, 0.3) is 0 Å². The molecule has 64 heavy (non-hydrogen) atoms. The van der Waals surface area contributed by atoms with Gasteiger partial charge in [0.05, 0.1) is 0 Å². The zero-order valence-corrected chi connectivity index (χ0v) is 37.1. The van der Waals surface area contributed by atoms with Gasteiger partial charge in [-0.05, 0) is 97.1 Å². The molecule has 0 amide bonds. The lowest BCUT2D eigenvalue weighted by Gasteiger charge is -1.70. The summed E-state index contributed by atoms with van der Waals surface area (Å²) in [6.45, 7) is -6.78. The van der Waals surface area contributed by atoms with Crippen LogP contribution in [0, 0.1) is 0 Å². The Hall–Kier alpha value is -5.70. The Morgan fingerprint density at radius 2 is 0.234 bits per heavy atom. The molecule has 0 spiro atoms. The molecule has 8 aromatic rings. The maximum Gasteiger partial charge on any atom is 0.566 e. The number of nitrogens with zero attached hydrogens (tertiary/aromatic N) is 8. The van der Waals surface area contributed by atoms with Crippen LogP contribution >= 0.6 is 45.8 Å². The molecule has 0 bridgehead atoms. The predicted molar refractivity (Wildman–Crippen MR) is 258 cm³/mol. The van der Waals surface area contributed by atoms with E-state index in [4.69, 9.17) is 40.2 Å². The van der Waals surface area contributed by atoms with Crippen LogP contribution in [-0.4, -0.2) is 106 Å². The highest BCUT2D eigenvalue weighted by Crippen LogP contribution is 1.78. The van der Waals surface area contributed by atoms with Gasteiger partial charge in [-0.25, -0.2) is 0 Å². The Bertz CT molecular complexity index is 1220. The van der Waals surface area contributed by atoms with E-state index in [0.29, 0.717) is 0 Å². The van der Waals surface area contributed by atoms with Crippen molar-refractivity contribution in [2.24, 2.45) is 0 Å². The molecule has 0 fully saturated rings. The first kappa shape index (κ1) is 64.9. The molecule has 0 unspecified atom stereocenters. The number of rotatable bonds is 0. The Morgan fingerprint density at radius 1 is 0.172 bits per heavy atom. The van der Waals surface area contributed by atoms with E-state index < -0.39 is 26.1 Å². The first-order chi connectivity index (χ1) is 30.9. The third-order valence-electron chi connectivity index (χ3n) is 4.53. The quantitative estimate of drug-likeness (QED) is 0.0881. The van der Waals surface area contributed by atoms with Gasteiger partial charge in [-0.1, -0.05) is 48.5 Å². The van der Waals surface area contributed by atoms with Crippen molar-refractivity contribution in [3.8, 4) is 0 Å². The summed E-state index contributed by atoms with van der Waals surface area (Å²) in [6.07, 6.45) is 28.0. The number of halogens is 4. The normalized spacial score (nSPS) is 7.69. The molecule has 0 saturated carbocycles. The minimum absolute atomic E-state index is 1.69. The van der Waals surface area contributed by atoms with Crippen LogP contribution < -0.4 is 0 Å². The Morgan fingerprint density at radius 3 is 0.250 bits per heavy atom. The fourth-order valence-corrected chi connectivity index (χ4v) is 2.50. The molecule has 0 aliphatic heterocycles. The van der Waals surface area contributed by atoms with Gasteiger partial charge in [0.25, 0.3) is 0 Å². The fourth-order valence-electron chi connectivity index (χ4n) is 2.50. The molecular formula is C40H48B4Cl4N8O8. The van der Waals surface area contributed by atoms with Crippen LogP contribution in [0.5, 0.6) is 0 Å². The molecular weight excluding hydrogens is 906 g/mol. The minimum atomic E-state index is -1.69. The van der Waals surface area contributed by atoms with Gasteiger partial charge in [0, 0.05) is 99.1 Å². The summed E-state index contributed by atoms with van der Waals surface area (Å²) in [5, 5.41) is 59.0. The summed E-state index contributed by atoms with van der Waals surface area (Å²) in [4.78, 5) is 30.3. The van der Waals surface area contributed by atoms with Crippen LogP contribution in [0.3, 0.4) is 0 Å². The van der Waals surface area contributed by atoms with Crippen molar-refractivity contribution in [1.82, 2.24) is 39.9 Å². The van der Waals surface area contributed by atoms with Crippen LogP contribution in [-0.2, 0) is 0 Å². The summed E-state index contributed by atoms with van der Waals surface area (Å²) >= 11 is 17.5. The molecule has 8 rings (SSSR count). The first-order valence-electron chi connectivity index (χ1n) is 17.7. The summed E-state index contributed by atoms with van der Waals surface area (Å²) in [6, 6.07) is 45.7. The van der Waals surface area contributed by atoms with Crippen molar-refractivity contribution in [3.63, 3.8) is 0 Å². The van der Waals surface area contributed by atoms with E-state index in [1.54, 1.807) is 99.1 Å². The van der Waals surface area contributed by atoms with E-state index in [0.717, 1.165) is 0 Å². The van der Waals surface area contributed by atoms with Crippen molar-refractivity contribution in [2.45, 2.75) is 0 Å². The molecule has 8 aromatic heterocycles. The van der Waals surface area contributed by atoms with Crippen LogP contribution in [0.4, 0.5) is 0 Å². The average Bonchev–Trinajstić information content (AvgIpc) is 3.34. The third-order valence-corrected chi connectivity index (χ3v) is 4.53. The monoisotopic (exact) mass is 952 g/mol. The SMILES string of the molecule is OB(O)Cl.OB(O)Cl.OB(O)Cl.OB(O)Cl.c1ccncc1.c1ccncc1.c1ccncc1.c1ccncc1.c1ccncc1.c1ccncc1.c1ccncc1.c1ccncc1. The lowest BCUT2D eigenvalue weighted by Crippen LogP contribution is -1.96. The highest BCUT2D eigenvalue weighted by molar-refractivity contribution is 6.98. The van der Waals surface area contributed by atoms with Gasteiger partial charge >= 0.3 is 26.1 Å². The number of hydrogen-bond acceptors (Lipinski definition) is 16. The van der Waals surface area contributed by atoms with Gasteiger partial charge in [0.15, 0.2) is 0 Å². The van der Waals surface area contributed by atoms with E-state index in [9.17, 15) is 0 Å². The third kappa shape index (κ3) is 96.2. The second-order valence-corrected chi connectivity index (χ2v) is 11.0. The summed E-state index contributed by atoms with van der Waals surface area (Å²) < 4.78 is 0. The molecule has 8 N–H and O–H groups in total. The first-order valence-corrected chi connectivity index (χ1v) is 19.5. The summed E-state index contributed by atoms with van der Waals surface area (Å²) in [7, 11) is 0. The van der Waals surface area contributed by atoms with Gasteiger partial charge < -0.3 is 40.2 Å². The van der Waals surface area contributed by atoms with Crippen molar-refractivity contribution in [1.29, 1.82) is 0 Å².